The molecule has 0 unspecified atom stereocenters. The van der Waals surface area contributed by atoms with Gasteiger partial charge in [0.25, 0.3) is 5.69 Å². The zero-order chi connectivity index (χ0) is 16.1. The molecule has 0 bridgehead atoms. The highest BCUT2D eigenvalue weighted by Gasteiger charge is 2.09. The van der Waals surface area contributed by atoms with Crippen LogP contribution >= 0.6 is 0 Å². The Balaban J connectivity index is 2.20. The molecular weight excluding hydrogens is 286 g/mol. The summed E-state index contributed by atoms with van der Waals surface area (Å²) in [5, 5.41) is 10.6. The SMILES string of the molecule is CC(C)Oc1cc(Oc2ccc([N+](=O)[O-])cn2)ccc1CN. The molecule has 0 saturated carbocycles. The highest BCUT2D eigenvalue weighted by atomic mass is 16.6. The summed E-state index contributed by atoms with van der Waals surface area (Å²) in [6.45, 7) is 4.20. The highest BCUT2D eigenvalue weighted by molar-refractivity contribution is 5.42. The highest BCUT2D eigenvalue weighted by Crippen LogP contribution is 2.28. The minimum atomic E-state index is -0.512. The molecule has 1 aromatic carbocycles. The average molecular weight is 303 g/mol. The fourth-order valence-corrected chi connectivity index (χ4v) is 1.79. The quantitative estimate of drug-likeness (QED) is 0.650. The molecule has 1 aromatic heterocycles. The number of rotatable bonds is 6. The molecule has 0 spiro atoms. The van der Waals surface area contributed by atoms with Gasteiger partial charge in [-0.3, -0.25) is 10.1 Å². The third-order valence-electron chi connectivity index (χ3n) is 2.78. The van der Waals surface area contributed by atoms with E-state index in [4.69, 9.17) is 15.2 Å². The Morgan fingerprint density at radius 2 is 2.09 bits per heavy atom. The number of aromatic nitrogens is 1. The first-order valence-corrected chi connectivity index (χ1v) is 6.77. The van der Waals surface area contributed by atoms with Crippen molar-refractivity contribution in [2.24, 2.45) is 5.73 Å². The van der Waals surface area contributed by atoms with Gasteiger partial charge in [0.05, 0.1) is 11.0 Å². The van der Waals surface area contributed by atoms with Crippen molar-refractivity contribution >= 4 is 5.69 Å². The van der Waals surface area contributed by atoms with Crippen molar-refractivity contribution in [3.05, 3.63) is 52.2 Å². The van der Waals surface area contributed by atoms with Gasteiger partial charge in [0.1, 0.15) is 17.7 Å². The smallest absolute Gasteiger partial charge is 0.287 e. The van der Waals surface area contributed by atoms with E-state index in [1.165, 1.54) is 12.1 Å². The van der Waals surface area contributed by atoms with Crippen molar-refractivity contribution in [2.75, 3.05) is 0 Å². The summed E-state index contributed by atoms with van der Waals surface area (Å²) in [7, 11) is 0. The second kappa shape index (κ2) is 6.86. The minimum Gasteiger partial charge on any atom is -0.491 e. The maximum atomic E-state index is 10.6. The number of nitrogens with zero attached hydrogens (tertiary/aromatic N) is 2. The Morgan fingerprint density at radius 3 is 2.64 bits per heavy atom. The molecule has 7 nitrogen and oxygen atoms in total. The van der Waals surface area contributed by atoms with Gasteiger partial charge in [-0.05, 0) is 19.9 Å². The Kier molecular flexibility index (Phi) is 4.90. The molecule has 2 N–H and O–H groups in total. The van der Waals surface area contributed by atoms with Crippen LogP contribution < -0.4 is 15.2 Å². The summed E-state index contributed by atoms with van der Waals surface area (Å²) in [6.07, 6.45) is 1.16. The summed E-state index contributed by atoms with van der Waals surface area (Å²) >= 11 is 0. The van der Waals surface area contributed by atoms with Crippen molar-refractivity contribution in [1.29, 1.82) is 0 Å². The lowest BCUT2D eigenvalue weighted by molar-refractivity contribution is -0.385. The van der Waals surface area contributed by atoms with Gasteiger partial charge in [0, 0.05) is 30.3 Å². The van der Waals surface area contributed by atoms with E-state index in [9.17, 15) is 10.1 Å². The molecule has 22 heavy (non-hydrogen) atoms. The van der Waals surface area contributed by atoms with Gasteiger partial charge in [0.15, 0.2) is 0 Å². The lowest BCUT2D eigenvalue weighted by Crippen LogP contribution is -2.09. The maximum absolute atomic E-state index is 10.6. The molecule has 0 fully saturated rings. The van der Waals surface area contributed by atoms with Crippen LogP contribution in [0.1, 0.15) is 19.4 Å². The maximum Gasteiger partial charge on any atom is 0.287 e. The van der Waals surface area contributed by atoms with Crippen LogP contribution in [0.3, 0.4) is 0 Å². The molecule has 7 heteroatoms. The van der Waals surface area contributed by atoms with E-state index in [0.29, 0.717) is 18.0 Å². The van der Waals surface area contributed by atoms with Gasteiger partial charge in [-0.2, -0.15) is 0 Å². The molecule has 0 radical (unpaired) electrons. The third kappa shape index (κ3) is 3.92. The van der Waals surface area contributed by atoms with Crippen molar-refractivity contribution in [1.82, 2.24) is 4.98 Å². The van der Waals surface area contributed by atoms with E-state index < -0.39 is 4.92 Å². The number of benzene rings is 1. The summed E-state index contributed by atoms with van der Waals surface area (Å²) in [4.78, 5) is 14.0. The third-order valence-corrected chi connectivity index (χ3v) is 2.78. The molecule has 0 aliphatic heterocycles. The first-order valence-electron chi connectivity index (χ1n) is 6.77. The van der Waals surface area contributed by atoms with Crippen molar-refractivity contribution in [2.45, 2.75) is 26.5 Å². The Bertz CT molecular complexity index is 656. The van der Waals surface area contributed by atoms with Crippen LogP contribution in [0, 0.1) is 10.1 Å². The molecule has 0 atom stereocenters. The number of hydrogen-bond donors (Lipinski definition) is 1. The zero-order valence-corrected chi connectivity index (χ0v) is 12.4. The summed E-state index contributed by atoms with van der Waals surface area (Å²) in [5.74, 6) is 1.44. The van der Waals surface area contributed by atoms with Crippen LogP contribution in [0.5, 0.6) is 17.4 Å². The molecule has 116 valence electrons. The van der Waals surface area contributed by atoms with Gasteiger partial charge < -0.3 is 15.2 Å². The van der Waals surface area contributed by atoms with Gasteiger partial charge >= 0.3 is 0 Å². The van der Waals surface area contributed by atoms with Crippen molar-refractivity contribution in [3.63, 3.8) is 0 Å². The predicted octanol–water partition coefficient (Wildman–Crippen LogP) is 3.03. The van der Waals surface area contributed by atoms with Crippen LogP contribution in [0.4, 0.5) is 5.69 Å². The average Bonchev–Trinajstić information content (AvgIpc) is 2.47. The lowest BCUT2D eigenvalue weighted by Gasteiger charge is -2.15. The van der Waals surface area contributed by atoms with E-state index in [2.05, 4.69) is 4.98 Å². The Hall–Kier alpha value is -2.67. The molecule has 1 heterocycles. The Labute approximate surface area is 127 Å². The molecule has 0 amide bonds. The van der Waals surface area contributed by atoms with E-state index >= 15 is 0 Å². The molecular formula is C15H17N3O4. The molecule has 2 rings (SSSR count). The number of ether oxygens (including phenoxy) is 2. The topological polar surface area (TPSA) is 101 Å². The number of nitro groups is 1. The molecule has 0 saturated heterocycles. The first-order chi connectivity index (χ1) is 10.5. The number of nitrogens with two attached hydrogens (primary N) is 1. The number of hydrogen-bond acceptors (Lipinski definition) is 6. The monoisotopic (exact) mass is 303 g/mol. The summed E-state index contributed by atoms with van der Waals surface area (Å²) < 4.78 is 11.3. The van der Waals surface area contributed by atoms with Gasteiger partial charge in [-0.15, -0.1) is 0 Å². The summed E-state index contributed by atoms with van der Waals surface area (Å²) in [5.41, 5.74) is 6.46. The largest absolute Gasteiger partial charge is 0.491 e. The number of pyridine rings is 1. The van der Waals surface area contributed by atoms with Crippen molar-refractivity contribution in [3.8, 4) is 17.4 Å². The standard InChI is InChI=1S/C15H17N3O4/c1-10(2)21-14-7-13(5-3-11(14)8-16)22-15-6-4-12(9-17-15)18(19)20/h3-7,9-10H,8,16H2,1-2H3. The van der Waals surface area contributed by atoms with Gasteiger partial charge in [-0.1, -0.05) is 6.07 Å². The molecule has 2 aromatic rings. The van der Waals surface area contributed by atoms with Gasteiger partial charge in [-0.25, -0.2) is 4.98 Å². The van der Waals surface area contributed by atoms with E-state index in [-0.39, 0.29) is 17.7 Å². The molecule has 0 aliphatic rings. The van der Waals surface area contributed by atoms with E-state index in [1.807, 2.05) is 19.9 Å². The van der Waals surface area contributed by atoms with Crippen LogP contribution in [-0.4, -0.2) is 16.0 Å². The van der Waals surface area contributed by atoms with Crippen molar-refractivity contribution < 1.29 is 14.4 Å². The predicted molar refractivity (Wildman–Crippen MR) is 81.1 cm³/mol. The first kappa shape index (κ1) is 15.7. The van der Waals surface area contributed by atoms with Crippen LogP contribution in [0.15, 0.2) is 36.5 Å². The summed E-state index contributed by atoms with van der Waals surface area (Å²) in [6, 6.07) is 8.07. The second-order valence-corrected chi connectivity index (χ2v) is 4.85. The van der Waals surface area contributed by atoms with E-state index in [0.717, 1.165) is 11.8 Å². The normalized spacial score (nSPS) is 10.5. The van der Waals surface area contributed by atoms with Gasteiger partial charge in [0.2, 0.25) is 5.88 Å². The van der Waals surface area contributed by atoms with E-state index in [1.54, 1.807) is 12.1 Å². The Morgan fingerprint density at radius 1 is 1.32 bits per heavy atom. The van der Waals surface area contributed by atoms with Crippen LogP contribution in [-0.2, 0) is 6.54 Å². The van der Waals surface area contributed by atoms with Crippen LogP contribution in [0.25, 0.3) is 0 Å². The lowest BCUT2D eigenvalue weighted by atomic mass is 10.2. The zero-order valence-electron chi connectivity index (χ0n) is 12.4. The fourth-order valence-electron chi connectivity index (χ4n) is 1.79. The second-order valence-electron chi connectivity index (χ2n) is 4.85. The van der Waals surface area contributed by atoms with Crippen LogP contribution in [0.2, 0.25) is 0 Å². The molecule has 0 aliphatic carbocycles. The minimum absolute atomic E-state index is 0.0121. The fraction of sp³-hybridized carbons (Fsp3) is 0.267.